The predicted molar refractivity (Wildman–Crippen MR) is 81.2 cm³/mol. The van der Waals surface area contributed by atoms with Gasteiger partial charge >= 0.3 is 12.1 Å². The van der Waals surface area contributed by atoms with E-state index in [1.807, 2.05) is 25.1 Å². The maximum absolute atomic E-state index is 12.0. The van der Waals surface area contributed by atoms with Crippen molar-refractivity contribution in [2.24, 2.45) is 0 Å². The van der Waals surface area contributed by atoms with Crippen molar-refractivity contribution >= 4 is 17.7 Å². The third-order valence-electron chi connectivity index (χ3n) is 4.04. The minimum absolute atomic E-state index is 0.185. The fourth-order valence-corrected chi connectivity index (χ4v) is 2.61. The molecule has 1 aromatic rings. The molecule has 6 heteroatoms. The number of benzene rings is 1. The average Bonchev–Trinajstić information content (AvgIpc) is 2.95. The largest absolute Gasteiger partial charge is 0.469 e. The monoisotopic (exact) mass is 307 g/mol. The van der Waals surface area contributed by atoms with Crippen LogP contribution in [0.4, 0.5) is 10.5 Å². The van der Waals surface area contributed by atoms with Crippen LogP contribution in [-0.2, 0) is 9.53 Å². The van der Waals surface area contributed by atoms with Gasteiger partial charge in [-0.05, 0) is 25.5 Å². The number of amides is 1. The summed E-state index contributed by atoms with van der Waals surface area (Å²) >= 11 is 0. The molecule has 0 aliphatic carbocycles. The summed E-state index contributed by atoms with van der Waals surface area (Å²) < 4.78 is 10.2. The van der Waals surface area contributed by atoms with E-state index in [0.717, 1.165) is 17.8 Å². The van der Waals surface area contributed by atoms with Crippen LogP contribution >= 0.6 is 0 Å². The molecule has 1 aliphatic rings. The molecule has 2 rings (SSSR count). The molecule has 0 aromatic heterocycles. The number of hydrogen-bond donors (Lipinski definition) is 1. The highest BCUT2D eigenvalue weighted by atomic mass is 16.6. The van der Waals surface area contributed by atoms with Crippen LogP contribution in [0.1, 0.15) is 31.2 Å². The van der Waals surface area contributed by atoms with Gasteiger partial charge in [0.2, 0.25) is 0 Å². The van der Waals surface area contributed by atoms with Crippen LogP contribution in [0.15, 0.2) is 18.2 Å². The quantitative estimate of drug-likeness (QED) is 0.659. The van der Waals surface area contributed by atoms with Crippen LogP contribution in [0.5, 0.6) is 5.75 Å². The summed E-state index contributed by atoms with van der Waals surface area (Å²) in [5, 5.41) is 2.12. The van der Waals surface area contributed by atoms with E-state index in [2.05, 4.69) is 5.32 Å². The molecular formula is C16H23N2O4+. The molecule has 0 radical (unpaired) electrons. The first-order chi connectivity index (χ1) is 10.6. The summed E-state index contributed by atoms with van der Waals surface area (Å²) in [6.45, 7) is 3.33. The number of nitrogens with two attached hydrogens (primary N) is 1. The lowest BCUT2D eigenvalue weighted by molar-refractivity contribution is -0.564. The molecule has 0 saturated heterocycles. The van der Waals surface area contributed by atoms with Gasteiger partial charge in [0, 0.05) is 25.9 Å². The molecule has 0 saturated carbocycles. The molecule has 1 aromatic carbocycles. The zero-order valence-corrected chi connectivity index (χ0v) is 13.3. The summed E-state index contributed by atoms with van der Waals surface area (Å²) in [4.78, 5) is 24.8. The van der Waals surface area contributed by atoms with Gasteiger partial charge in [0.15, 0.2) is 0 Å². The highest BCUT2D eigenvalue weighted by Crippen LogP contribution is 2.36. The van der Waals surface area contributed by atoms with E-state index in [1.165, 1.54) is 12.0 Å². The number of ether oxygens (including phenoxy) is 2. The number of carbonyl (C=O) groups excluding carboxylic acids is 2. The van der Waals surface area contributed by atoms with E-state index in [9.17, 15) is 9.59 Å². The summed E-state index contributed by atoms with van der Waals surface area (Å²) in [5.74, 6) is 0.560. The van der Waals surface area contributed by atoms with Crippen molar-refractivity contribution < 1.29 is 24.4 Å². The fraction of sp³-hybridized carbons (Fsp3) is 0.500. The molecule has 0 fully saturated rings. The molecule has 1 atom stereocenters. The number of rotatable bonds is 5. The number of esters is 1. The summed E-state index contributed by atoms with van der Waals surface area (Å²) in [6.07, 6.45) is 0.689. The number of quaternary nitrogens is 1. The Labute approximate surface area is 130 Å². The molecule has 1 heterocycles. The Bertz CT molecular complexity index is 559. The van der Waals surface area contributed by atoms with Crippen LogP contribution in [-0.4, -0.2) is 44.2 Å². The Kier molecular flexibility index (Phi) is 5.38. The van der Waals surface area contributed by atoms with Gasteiger partial charge in [0.05, 0.1) is 19.2 Å². The van der Waals surface area contributed by atoms with Crippen LogP contribution in [0, 0.1) is 0 Å². The predicted octanol–water partition coefficient (Wildman–Crippen LogP) is 1.38. The van der Waals surface area contributed by atoms with Gasteiger partial charge in [-0.25, -0.2) is 4.79 Å². The van der Waals surface area contributed by atoms with Gasteiger partial charge in [-0.15, -0.1) is 0 Å². The van der Waals surface area contributed by atoms with Crippen LogP contribution < -0.4 is 10.1 Å². The van der Waals surface area contributed by atoms with Crippen molar-refractivity contribution in [1.82, 2.24) is 4.90 Å². The first-order valence-corrected chi connectivity index (χ1v) is 7.52. The number of hydrogen-bond acceptors (Lipinski definition) is 4. The Hall–Kier alpha value is -2.08. The zero-order chi connectivity index (χ0) is 16.1. The lowest BCUT2D eigenvalue weighted by Crippen LogP contribution is -2.76. The van der Waals surface area contributed by atoms with Crippen molar-refractivity contribution in [3.63, 3.8) is 0 Å². The third-order valence-corrected chi connectivity index (χ3v) is 4.04. The van der Waals surface area contributed by atoms with E-state index in [0.29, 0.717) is 25.1 Å². The zero-order valence-electron chi connectivity index (χ0n) is 13.3. The molecular weight excluding hydrogens is 284 g/mol. The van der Waals surface area contributed by atoms with E-state index in [-0.39, 0.29) is 18.0 Å². The van der Waals surface area contributed by atoms with E-state index in [4.69, 9.17) is 9.47 Å². The maximum Gasteiger partial charge on any atom is 0.414 e. The highest BCUT2D eigenvalue weighted by Gasteiger charge is 2.31. The van der Waals surface area contributed by atoms with Gasteiger partial charge in [-0.1, -0.05) is 6.07 Å². The molecule has 1 unspecified atom stereocenters. The molecule has 22 heavy (non-hydrogen) atoms. The first kappa shape index (κ1) is 16.3. The third kappa shape index (κ3) is 3.57. The lowest BCUT2D eigenvalue weighted by Gasteiger charge is -2.16. The van der Waals surface area contributed by atoms with Crippen LogP contribution in [0.25, 0.3) is 0 Å². The van der Waals surface area contributed by atoms with Crippen molar-refractivity contribution in [3.05, 3.63) is 23.8 Å². The van der Waals surface area contributed by atoms with Gasteiger partial charge in [-0.2, -0.15) is 0 Å². The van der Waals surface area contributed by atoms with Crippen LogP contribution in [0.3, 0.4) is 0 Å². The first-order valence-electron chi connectivity index (χ1n) is 7.52. The topological polar surface area (TPSA) is 72.5 Å². The second-order valence-corrected chi connectivity index (χ2v) is 5.39. The Morgan fingerprint density at radius 1 is 1.41 bits per heavy atom. The fourth-order valence-electron chi connectivity index (χ4n) is 2.61. The van der Waals surface area contributed by atoms with Crippen molar-refractivity contribution in [2.75, 3.05) is 27.2 Å². The maximum atomic E-state index is 12.0. The second kappa shape index (κ2) is 7.26. The molecule has 1 amide bonds. The summed E-state index contributed by atoms with van der Waals surface area (Å²) in [7, 11) is 3.09. The van der Waals surface area contributed by atoms with E-state index >= 15 is 0 Å². The number of nitrogens with zero attached hydrogens (tertiary/aromatic N) is 1. The Morgan fingerprint density at radius 2 is 2.18 bits per heavy atom. The molecule has 1 aliphatic heterocycles. The van der Waals surface area contributed by atoms with Gasteiger partial charge in [-0.3, -0.25) is 4.79 Å². The highest BCUT2D eigenvalue weighted by molar-refractivity contribution is 5.72. The van der Waals surface area contributed by atoms with Crippen molar-refractivity contribution in [3.8, 4) is 5.75 Å². The van der Waals surface area contributed by atoms with E-state index in [1.54, 1.807) is 7.05 Å². The summed E-state index contributed by atoms with van der Waals surface area (Å²) in [5.41, 5.74) is 2.10. The van der Waals surface area contributed by atoms with Crippen LogP contribution in [0.2, 0.25) is 0 Å². The second-order valence-electron chi connectivity index (χ2n) is 5.39. The van der Waals surface area contributed by atoms with Gasteiger partial charge in [0.1, 0.15) is 11.4 Å². The normalized spacial score (nSPS) is 16.0. The molecule has 120 valence electrons. The molecule has 0 bridgehead atoms. The molecule has 6 nitrogen and oxygen atoms in total. The Morgan fingerprint density at radius 3 is 2.86 bits per heavy atom. The van der Waals surface area contributed by atoms with Gasteiger partial charge in [0.25, 0.3) is 0 Å². The number of carbonyl (C=O) groups is 2. The lowest BCUT2D eigenvalue weighted by atomic mass is 9.95. The Balaban J connectivity index is 2.15. The SMILES string of the molecule is CCN(C)C(=O)Oc1cccc2c1C(CCC(=O)OC)C[NH2+]2. The minimum atomic E-state index is -0.366. The molecule has 0 spiro atoms. The minimum Gasteiger partial charge on any atom is -0.469 e. The number of fused-ring (bicyclic) bond motifs is 1. The molecule has 2 N–H and O–H groups in total. The summed E-state index contributed by atoms with van der Waals surface area (Å²) in [6, 6.07) is 5.70. The number of methoxy groups -OCH3 is 1. The van der Waals surface area contributed by atoms with Crippen molar-refractivity contribution in [1.29, 1.82) is 0 Å². The standard InChI is InChI=1S/C16H22N2O4/c1-4-18(2)16(20)22-13-7-5-6-12-15(13)11(10-17-12)8-9-14(19)21-3/h5-7,11,17H,4,8-10H2,1-3H3/p+1. The average molecular weight is 307 g/mol. The smallest absolute Gasteiger partial charge is 0.414 e. The van der Waals surface area contributed by atoms with Gasteiger partial charge < -0.3 is 19.7 Å². The van der Waals surface area contributed by atoms with E-state index < -0.39 is 0 Å². The van der Waals surface area contributed by atoms with Crippen molar-refractivity contribution in [2.45, 2.75) is 25.7 Å².